The van der Waals surface area contributed by atoms with Crippen molar-refractivity contribution in [2.45, 2.75) is 56.1 Å². The molecule has 7 nitrogen and oxygen atoms in total. The summed E-state index contributed by atoms with van der Waals surface area (Å²) in [6.45, 7) is 1.14. The van der Waals surface area contributed by atoms with E-state index in [2.05, 4.69) is 5.32 Å². The van der Waals surface area contributed by atoms with Crippen LogP contribution in [-0.4, -0.2) is 43.8 Å². The fraction of sp³-hybridized carbons (Fsp3) is 0.310. The Hall–Kier alpha value is -2.78. The van der Waals surface area contributed by atoms with Crippen LogP contribution < -0.4 is 9.62 Å². The van der Waals surface area contributed by atoms with Crippen molar-refractivity contribution in [2.75, 3.05) is 10.8 Å². The van der Waals surface area contributed by atoms with Crippen LogP contribution in [0, 0.1) is 0 Å². The van der Waals surface area contributed by atoms with E-state index in [4.69, 9.17) is 34.8 Å². The number of amides is 2. The van der Waals surface area contributed by atoms with E-state index in [1.165, 1.54) is 29.2 Å². The third kappa shape index (κ3) is 7.29. The van der Waals surface area contributed by atoms with Gasteiger partial charge in [0.15, 0.2) is 0 Å². The molecule has 1 fully saturated rings. The Morgan fingerprint density at radius 1 is 0.925 bits per heavy atom. The molecule has 1 N–H and O–H groups in total. The Morgan fingerprint density at radius 3 is 2.20 bits per heavy atom. The van der Waals surface area contributed by atoms with Gasteiger partial charge in [-0.2, -0.15) is 0 Å². The maximum Gasteiger partial charge on any atom is 0.264 e. The SMILES string of the molecule is C[C@@H](C(=O)NC1CCCC1)N(Cc1ccc(Cl)c(Cl)c1)C(=O)CN(c1ccccc1)S(=O)(=O)c1ccc(Cl)cc1. The van der Waals surface area contributed by atoms with Gasteiger partial charge in [-0.3, -0.25) is 13.9 Å². The molecule has 0 heterocycles. The molecule has 0 aromatic heterocycles. The number of sulfonamides is 1. The molecule has 1 atom stereocenters. The van der Waals surface area contributed by atoms with Gasteiger partial charge in [0.25, 0.3) is 10.0 Å². The average molecular weight is 623 g/mol. The molecule has 0 spiro atoms. The quantitative estimate of drug-likeness (QED) is 0.287. The van der Waals surface area contributed by atoms with Crippen molar-refractivity contribution in [1.29, 1.82) is 0 Å². The summed E-state index contributed by atoms with van der Waals surface area (Å²) in [6, 6.07) is 18.2. The first kappa shape index (κ1) is 30.2. The normalized spacial score (nSPS) is 14.5. The lowest BCUT2D eigenvalue weighted by Crippen LogP contribution is -2.52. The van der Waals surface area contributed by atoms with E-state index in [9.17, 15) is 18.0 Å². The van der Waals surface area contributed by atoms with Gasteiger partial charge in [-0.05, 0) is 73.9 Å². The standard InChI is InChI=1S/C29H30Cl3N3O4S/c1-20(29(37)33-23-7-5-6-8-23)34(18-21-11-16-26(31)27(32)17-21)28(36)19-35(24-9-3-2-4-10-24)40(38,39)25-14-12-22(30)13-15-25/h2-4,9-17,20,23H,5-8,18-19H2,1H3,(H,33,37)/t20-/m0/s1. The molecule has 0 radical (unpaired) electrons. The molecule has 1 aliphatic rings. The molecule has 2 amide bonds. The van der Waals surface area contributed by atoms with Gasteiger partial charge in [0.05, 0.1) is 20.6 Å². The minimum Gasteiger partial charge on any atom is -0.352 e. The molecule has 3 aromatic carbocycles. The van der Waals surface area contributed by atoms with Gasteiger partial charge in [-0.25, -0.2) is 8.42 Å². The van der Waals surface area contributed by atoms with Crippen LogP contribution in [0.3, 0.4) is 0 Å². The lowest BCUT2D eigenvalue weighted by atomic mass is 10.1. The summed E-state index contributed by atoms with van der Waals surface area (Å²) in [7, 11) is -4.16. The van der Waals surface area contributed by atoms with E-state index >= 15 is 0 Å². The van der Waals surface area contributed by atoms with Crippen molar-refractivity contribution in [2.24, 2.45) is 0 Å². The summed E-state index contributed by atoms with van der Waals surface area (Å²) in [6.07, 6.45) is 3.86. The largest absolute Gasteiger partial charge is 0.352 e. The molecule has 0 aliphatic heterocycles. The number of carbonyl (C=O) groups excluding carboxylic acids is 2. The highest BCUT2D eigenvalue weighted by atomic mass is 35.5. The summed E-state index contributed by atoms with van der Waals surface area (Å²) < 4.78 is 28.6. The first-order chi connectivity index (χ1) is 19.1. The van der Waals surface area contributed by atoms with Crippen LogP contribution in [0.1, 0.15) is 38.2 Å². The molecule has 0 bridgehead atoms. The Balaban J connectivity index is 1.67. The molecular formula is C29H30Cl3N3O4S. The van der Waals surface area contributed by atoms with Gasteiger partial charge < -0.3 is 10.2 Å². The lowest BCUT2D eigenvalue weighted by molar-refractivity contribution is -0.139. The van der Waals surface area contributed by atoms with E-state index in [-0.39, 0.29) is 23.4 Å². The van der Waals surface area contributed by atoms with Crippen LogP contribution >= 0.6 is 34.8 Å². The Bertz CT molecular complexity index is 1450. The first-order valence-electron chi connectivity index (χ1n) is 12.9. The summed E-state index contributed by atoms with van der Waals surface area (Å²) in [4.78, 5) is 28.6. The highest BCUT2D eigenvalue weighted by Gasteiger charge is 2.33. The predicted octanol–water partition coefficient (Wildman–Crippen LogP) is 6.32. The van der Waals surface area contributed by atoms with Crippen LogP contribution in [0.5, 0.6) is 0 Å². The van der Waals surface area contributed by atoms with Gasteiger partial charge in [0, 0.05) is 17.6 Å². The number of benzene rings is 3. The summed E-state index contributed by atoms with van der Waals surface area (Å²) in [5.41, 5.74) is 0.957. The topological polar surface area (TPSA) is 86.8 Å². The number of anilines is 1. The minimum absolute atomic E-state index is 0.0170. The molecular weight excluding hydrogens is 593 g/mol. The average Bonchev–Trinajstić information content (AvgIpc) is 3.45. The van der Waals surface area contributed by atoms with Crippen LogP contribution in [0.2, 0.25) is 15.1 Å². The predicted molar refractivity (Wildman–Crippen MR) is 159 cm³/mol. The molecule has 11 heteroatoms. The van der Waals surface area contributed by atoms with Gasteiger partial charge >= 0.3 is 0 Å². The Morgan fingerprint density at radius 2 is 1.57 bits per heavy atom. The van der Waals surface area contributed by atoms with Crippen LogP contribution in [0.25, 0.3) is 0 Å². The molecule has 1 aliphatic carbocycles. The second-order valence-electron chi connectivity index (χ2n) is 9.74. The molecule has 1 saturated carbocycles. The third-order valence-electron chi connectivity index (χ3n) is 6.93. The summed E-state index contributed by atoms with van der Waals surface area (Å²) >= 11 is 18.3. The van der Waals surface area contributed by atoms with Crippen molar-refractivity contribution in [1.82, 2.24) is 10.2 Å². The van der Waals surface area contributed by atoms with Crippen molar-refractivity contribution < 1.29 is 18.0 Å². The third-order valence-corrected chi connectivity index (χ3v) is 9.71. The van der Waals surface area contributed by atoms with E-state index < -0.39 is 28.5 Å². The van der Waals surface area contributed by atoms with Crippen LogP contribution in [-0.2, 0) is 26.2 Å². The van der Waals surface area contributed by atoms with E-state index in [0.717, 1.165) is 30.0 Å². The fourth-order valence-corrected chi connectivity index (χ4v) is 6.53. The lowest BCUT2D eigenvalue weighted by Gasteiger charge is -2.32. The van der Waals surface area contributed by atoms with Crippen molar-refractivity contribution in [3.8, 4) is 0 Å². The monoisotopic (exact) mass is 621 g/mol. The van der Waals surface area contributed by atoms with Crippen molar-refractivity contribution in [3.63, 3.8) is 0 Å². The van der Waals surface area contributed by atoms with Crippen molar-refractivity contribution in [3.05, 3.63) is 93.4 Å². The second kappa shape index (κ2) is 13.3. The van der Waals surface area contributed by atoms with E-state index in [1.54, 1.807) is 55.5 Å². The zero-order valence-electron chi connectivity index (χ0n) is 21.9. The number of para-hydroxylation sites is 1. The van der Waals surface area contributed by atoms with Gasteiger partial charge in [0.1, 0.15) is 12.6 Å². The Kier molecular flexibility index (Phi) is 10.0. The molecule has 212 valence electrons. The maximum atomic E-state index is 14.0. The molecule has 0 saturated heterocycles. The maximum absolute atomic E-state index is 14.0. The number of nitrogens with zero attached hydrogens (tertiary/aromatic N) is 2. The number of hydrogen-bond acceptors (Lipinski definition) is 4. The molecule has 40 heavy (non-hydrogen) atoms. The number of nitrogens with one attached hydrogen (secondary N) is 1. The zero-order chi connectivity index (χ0) is 28.9. The first-order valence-corrected chi connectivity index (χ1v) is 15.5. The summed E-state index contributed by atoms with van der Waals surface area (Å²) in [5.74, 6) is -0.853. The highest BCUT2D eigenvalue weighted by molar-refractivity contribution is 7.92. The molecule has 0 unspecified atom stereocenters. The number of hydrogen-bond donors (Lipinski definition) is 1. The molecule has 4 rings (SSSR count). The van der Waals surface area contributed by atoms with Gasteiger partial charge in [-0.1, -0.05) is 71.9 Å². The minimum atomic E-state index is -4.16. The second-order valence-corrected chi connectivity index (χ2v) is 12.9. The number of rotatable bonds is 10. The molecule has 3 aromatic rings. The van der Waals surface area contributed by atoms with Crippen LogP contribution in [0.15, 0.2) is 77.7 Å². The number of halogens is 3. The summed E-state index contributed by atoms with van der Waals surface area (Å²) in [5, 5.41) is 4.10. The van der Waals surface area contributed by atoms with Crippen molar-refractivity contribution >= 4 is 62.3 Å². The van der Waals surface area contributed by atoms with E-state index in [1.807, 2.05) is 0 Å². The van der Waals surface area contributed by atoms with Crippen LogP contribution in [0.4, 0.5) is 5.69 Å². The van der Waals surface area contributed by atoms with E-state index in [0.29, 0.717) is 26.3 Å². The van der Waals surface area contributed by atoms with Gasteiger partial charge in [-0.15, -0.1) is 0 Å². The zero-order valence-corrected chi connectivity index (χ0v) is 25.0. The fourth-order valence-electron chi connectivity index (χ4n) is 4.67. The van der Waals surface area contributed by atoms with Gasteiger partial charge in [0.2, 0.25) is 11.8 Å². The smallest absolute Gasteiger partial charge is 0.264 e. The highest BCUT2D eigenvalue weighted by Crippen LogP contribution is 2.27. The number of carbonyl (C=O) groups is 2. The Labute approximate surface area is 250 Å².